The van der Waals surface area contributed by atoms with Crippen LogP contribution in [0.15, 0.2) is 59.3 Å². The first kappa shape index (κ1) is 15.1. The second-order valence-electron chi connectivity index (χ2n) is 5.79. The van der Waals surface area contributed by atoms with Crippen molar-refractivity contribution < 1.29 is 9.21 Å². The molecule has 2 heterocycles. The Balaban J connectivity index is 1.63. The van der Waals surface area contributed by atoms with E-state index in [-0.39, 0.29) is 5.91 Å². The van der Waals surface area contributed by atoms with E-state index >= 15 is 0 Å². The molecule has 2 aromatic heterocycles. The zero-order valence-corrected chi connectivity index (χ0v) is 13.4. The average Bonchev–Trinajstić information content (AvgIpc) is 3.01. The summed E-state index contributed by atoms with van der Waals surface area (Å²) in [5, 5.41) is 4.23. The number of nitrogens with two attached hydrogens (primary N) is 1. The number of aryl methyl sites for hydroxylation is 1. The second kappa shape index (κ2) is 6.24. The van der Waals surface area contributed by atoms with Crippen LogP contribution >= 0.6 is 0 Å². The van der Waals surface area contributed by atoms with E-state index in [1.165, 1.54) is 6.33 Å². The molecule has 0 aliphatic heterocycles. The van der Waals surface area contributed by atoms with Gasteiger partial charge in [0.1, 0.15) is 17.4 Å². The largest absolute Gasteiger partial charge is 0.450 e. The highest BCUT2D eigenvalue weighted by Crippen LogP contribution is 2.31. The molecular formula is C19H16N4O2. The average molecular weight is 332 g/mol. The van der Waals surface area contributed by atoms with Crippen molar-refractivity contribution in [2.24, 2.45) is 5.73 Å². The number of anilines is 2. The summed E-state index contributed by atoms with van der Waals surface area (Å²) >= 11 is 0. The van der Waals surface area contributed by atoms with Gasteiger partial charge in [-0.05, 0) is 36.2 Å². The maximum atomic E-state index is 10.9. The SMILES string of the molecule is NC(=O)CCc1ccc(Nc2ncnc3c2oc2ccccc23)cc1. The van der Waals surface area contributed by atoms with Crippen LogP contribution in [0.25, 0.3) is 22.1 Å². The molecule has 0 atom stereocenters. The van der Waals surface area contributed by atoms with Gasteiger partial charge in [-0.15, -0.1) is 0 Å². The standard InChI is InChI=1S/C19H16N4O2/c20-16(24)10-7-12-5-8-13(9-6-12)23-19-18-17(21-11-22-19)14-3-1-2-4-15(14)25-18/h1-6,8-9,11H,7,10H2,(H2,20,24)(H,21,22,23). The minimum atomic E-state index is -0.296. The van der Waals surface area contributed by atoms with Crippen molar-refractivity contribution in [3.63, 3.8) is 0 Å². The molecule has 25 heavy (non-hydrogen) atoms. The number of amides is 1. The highest BCUT2D eigenvalue weighted by Gasteiger charge is 2.12. The van der Waals surface area contributed by atoms with Crippen molar-refractivity contribution in [2.75, 3.05) is 5.32 Å². The fourth-order valence-electron chi connectivity index (χ4n) is 2.77. The molecule has 3 N–H and O–H groups in total. The van der Waals surface area contributed by atoms with Gasteiger partial charge in [0.25, 0.3) is 0 Å². The predicted octanol–water partition coefficient (Wildman–Crippen LogP) is 3.54. The Morgan fingerprint density at radius 3 is 2.68 bits per heavy atom. The van der Waals surface area contributed by atoms with E-state index in [9.17, 15) is 4.79 Å². The summed E-state index contributed by atoms with van der Waals surface area (Å²) in [6.07, 6.45) is 2.50. The Labute approximate surface area is 143 Å². The number of nitrogens with zero attached hydrogens (tertiary/aromatic N) is 2. The highest BCUT2D eigenvalue weighted by atomic mass is 16.3. The van der Waals surface area contributed by atoms with Gasteiger partial charge in [-0.3, -0.25) is 4.79 Å². The van der Waals surface area contributed by atoms with Gasteiger partial charge >= 0.3 is 0 Å². The van der Waals surface area contributed by atoms with E-state index in [0.717, 1.165) is 27.7 Å². The number of furan rings is 1. The molecular weight excluding hydrogens is 316 g/mol. The van der Waals surface area contributed by atoms with Crippen molar-refractivity contribution in [2.45, 2.75) is 12.8 Å². The van der Waals surface area contributed by atoms with Crippen molar-refractivity contribution in [1.82, 2.24) is 9.97 Å². The molecule has 4 rings (SSSR count). The number of nitrogens with one attached hydrogen (secondary N) is 1. The third-order valence-electron chi connectivity index (χ3n) is 4.03. The first-order chi connectivity index (χ1) is 12.2. The zero-order valence-electron chi connectivity index (χ0n) is 13.4. The fourth-order valence-corrected chi connectivity index (χ4v) is 2.77. The van der Waals surface area contributed by atoms with Crippen molar-refractivity contribution in [3.05, 3.63) is 60.4 Å². The molecule has 0 fully saturated rings. The molecule has 1 amide bonds. The van der Waals surface area contributed by atoms with E-state index in [2.05, 4.69) is 15.3 Å². The van der Waals surface area contributed by atoms with Crippen LogP contribution in [0, 0.1) is 0 Å². The molecule has 0 aliphatic rings. The molecule has 6 nitrogen and oxygen atoms in total. The molecule has 0 spiro atoms. The summed E-state index contributed by atoms with van der Waals surface area (Å²) in [5.41, 5.74) is 9.31. The topological polar surface area (TPSA) is 94.0 Å². The van der Waals surface area contributed by atoms with Gasteiger partial charge in [0.05, 0.1) is 0 Å². The van der Waals surface area contributed by atoms with Gasteiger partial charge in [-0.25, -0.2) is 9.97 Å². The highest BCUT2D eigenvalue weighted by molar-refractivity contribution is 6.05. The number of fused-ring (bicyclic) bond motifs is 3. The van der Waals surface area contributed by atoms with Crippen LogP contribution in [-0.4, -0.2) is 15.9 Å². The Bertz CT molecular complexity index is 1050. The van der Waals surface area contributed by atoms with Crippen molar-refractivity contribution in [3.8, 4) is 0 Å². The minimum Gasteiger partial charge on any atom is -0.450 e. The molecule has 0 aliphatic carbocycles. The Kier molecular flexibility index (Phi) is 3.78. The summed E-state index contributed by atoms with van der Waals surface area (Å²) in [5.74, 6) is 0.321. The number of hydrogen-bond donors (Lipinski definition) is 2. The second-order valence-corrected chi connectivity index (χ2v) is 5.79. The van der Waals surface area contributed by atoms with Crippen LogP contribution in [0.3, 0.4) is 0 Å². The lowest BCUT2D eigenvalue weighted by Crippen LogP contribution is -2.11. The van der Waals surface area contributed by atoms with Gasteiger partial charge in [0, 0.05) is 17.5 Å². The quantitative estimate of drug-likeness (QED) is 0.583. The van der Waals surface area contributed by atoms with Crippen LogP contribution in [0.5, 0.6) is 0 Å². The summed E-state index contributed by atoms with van der Waals surface area (Å²) in [4.78, 5) is 19.5. The van der Waals surface area contributed by atoms with Crippen LogP contribution < -0.4 is 11.1 Å². The van der Waals surface area contributed by atoms with E-state index in [1.54, 1.807) is 0 Å². The molecule has 0 unspecified atom stereocenters. The minimum absolute atomic E-state index is 0.296. The van der Waals surface area contributed by atoms with Crippen LogP contribution in [0.1, 0.15) is 12.0 Å². The third-order valence-corrected chi connectivity index (χ3v) is 4.03. The number of benzene rings is 2. The number of rotatable bonds is 5. The maximum Gasteiger partial charge on any atom is 0.217 e. The van der Waals surface area contributed by atoms with Crippen molar-refractivity contribution >= 4 is 39.5 Å². The van der Waals surface area contributed by atoms with Crippen LogP contribution in [0.4, 0.5) is 11.5 Å². The summed E-state index contributed by atoms with van der Waals surface area (Å²) in [6, 6.07) is 15.6. The van der Waals surface area contributed by atoms with E-state index in [0.29, 0.717) is 24.2 Å². The third kappa shape index (κ3) is 3.01. The number of primary amides is 1. The first-order valence-corrected chi connectivity index (χ1v) is 7.97. The molecule has 4 aromatic rings. The normalized spacial score (nSPS) is 11.0. The van der Waals surface area contributed by atoms with E-state index < -0.39 is 0 Å². The van der Waals surface area contributed by atoms with Gasteiger partial charge in [0.15, 0.2) is 11.4 Å². The number of para-hydroxylation sites is 1. The van der Waals surface area contributed by atoms with Crippen molar-refractivity contribution in [1.29, 1.82) is 0 Å². The molecule has 0 saturated carbocycles. The Hall–Kier alpha value is -3.41. The van der Waals surface area contributed by atoms with Gasteiger partial charge in [0.2, 0.25) is 5.91 Å². The fraction of sp³-hybridized carbons (Fsp3) is 0.105. The predicted molar refractivity (Wildman–Crippen MR) is 96.6 cm³/mol. The molecule has 0 bridgehead atoms. The van der Waals surface area contributed by atoms with Crippen LogP contribution in [-0.2, 0) is 11.2 Å². The van der Waals surface area contributed by atoms with Crippen LogP contribution in [0.2, 0.25) is 0 Å². The van der Waals surface area contributed by atoms with E-state index in [4.69, 9.17) is 10.2 Å². The van der Waals surface area contributed by atoms with Gasteiger partial charge in [-0.1, -0.05) is 24.3 Å². The van der Waals surface area contributed by atoms with E-state index in [1.807, 2.05) is 48.5 Å². The molecule has 2 aromatic carbocycles. The number of aromatic nitrogens is 2. The smallest absolute Gasteiger partial charge is 0.217 e. The Morgan fingerprint density at radius 1 is 1.08 bits per heavy atom. The number of carbonyl (C=O) groups excluding carboxylic acids is 1. The number of hydrogen-bond acceptors (Lipinski definition) is 5. The lowest BCUT2D eigenvalue weighted by atomic mass is 10.1. The van der Waals surface area contributed by atoms with Gasteiger partial charge in [-0.2, -0.15) is 0 Å². The molecule has 0 radical (unpaired) electrons. The molecule has 124 valence electrons. The molecule has 0 saturated heterocycles. The summed E-state index contributed by atoms with van der Waals surface area (Å²) in [7, 11) is 0. The molecule has 6 heteroatoms. The summed E-state index contributed by atoms with van der Waals surface area (Å²) < 4.78 is 5.91. The van der Waals surface area contributed by atoms with Gasteiger partial charge < -0.3 is 15.5 Å². The first-order valence-electron chi connectivity index (χ1n) is 7.97. The lowest BCUT2D eigenvalue weighted by Gasteiger charge is -2.06. The zero-order chi connectivity index (χ0) is 17.2. The Morgan fingerprint density at radius 2 is 1.88 bits per heavy atom. The summed E-state index contributed by atoms with van der Waals surface area (Å²) in [6.45, 7) is 0. The number of carbonyl (C=O) groups is 1. The lowest BCUT2D eigenvalue weighted by molar-refractivity contribution is -0.117. The maximum absolute atomic E-state index is 10.9. The monoisotopic (exact) mass is 332 g/mol.